The van der Waals surface area contributed by atoms with Crippen LogP contribution in [0.15, 0.2) is 34.9 Å². The number of fused-ring (bicyclic) bond motifs is 7. The lowest BCUT2D eigenvalue weighted by Gasteiger charge is -2.70. The minimum absolute atomic E-state index is 0.00584. The van der Waals surface area contributed by atoms with E-state index >= 15 is 0 Å². The number of aliphatic carboxylic acids is 1. The number of allylic oxidation sites excluding steroid dienone is 3. The van der Waals surface area contributed by atoms with Gasteiger partial charge in [-0.05, 0) is 79.6 Å². The van der Waals surface area contributed by atoms with Gasteiger partial charge >= 0.3 is 11.9 Å². The number of ether oxygens (including phenoxy) is 2. The van der Waals surface area contributed by atoms with Gasteiger partial charge in [-0.25, -0.2) is 4.79 Å². The maximum absolute atomic E-state index is 12.6. The highest BCUT2D eigenvalue weighted by Crippen LogP contribution is 2.75. The molecule has 7 atom stereocenters. The quantitative estimate of drug-likeness (QED) is 0.488. The predicted octanol–water partition coefficient (Wildman–Crippen LogP) is 6.20. The summed E-state index contributed by atoms with van der Waals surface area (Å²) in [5.41, 5.74) is 2.53. The molecule has 0 aromatic carbocycles. The monoisotopic (exact) mass is 468 g/mol. The molecule has 0 spiro atoms. The van der Waals surface area contributed by atoms with Crippen molar-refractivity contribution in [3.63, 3.8) is 0 Å². The van der Waals surface area contributed by atoms with Crippen LogP contribution in [-0.4, -0.2) is 29.9 Å². The van der Waals surface area contributed by atoms with Gasteiger partial charge in [-0.1, -0.05) is 45.4 Å². The Morgan fingerprint density at radius 1 is 0.971 bits per heavy atom. The fourth-order valence-corrected chi connectivity index (χ4v) is 8.75. The van der Waals surface area contributed by atoms with Crippen molar-refractivity contribution >= 4 is 11.9 Å². The average molecular weight is 469 g/mol. The van der Waals surface area contributed by atoms with E-state index in [9.17, 15) is 14.7 Å². The standard InChI is InChI=1S/C29H40O5/c1-24-10-11-25(2,23(31)32)17-21(24)28(5)15-13-26(3)19-16-22(30)34-29(6,33-7)18(19)8-9-20(26)27(28,4)14-12-24/h8-9,16,21H,10-15,17H2,1-7H3,(H,31,32)/t21-,24+,25+,26-,27+,28-,29-/m0/s1. The second-order valence-corrected chi connectivity index (χ2v) is 13.1. The summed E-state index contributed by atoms with van der Waals surface area (Å²) in [4.78, 5) is 24.9. The van der Waals surface area contributed by atoms with Gasteiger partial charge in [0.2, 0.25) is 5.79 Å². The summed E-state index contributed by atoms with van der Waals surface area (Å²) in [6.07, 6.45) is 12.7. The largest absolute Gasteiger partial charge is 0.481 e. The second kappa shape index (κ2) is 6.87. The van der Waals surface area contributed by atoms with Crippen molar-refractivity contribution in [3.8, 4) is 0 Å². The lowest BCUT2D eigenvalue weighted by atomic mass is 9.34. The number of hydrogen-bond acceptors (Lipinski definition) is 4. The molecule has 1 N–H and O–H groups in total. The zero-order valence-electron chi connectivity index (χ0n) is 21.8. The Balaban J connectivity index is 1.64. The number of cyclic esters (lactones) is 1. The summed E-state index contributed by atoms with van der Waals surface area (Å²) in [7, 11) is 1.59. The number of rotatable bonds is 2. The fourth-order valence-electron chi connectivity index (χ4n) is 8.75. The van der Waals surface area contributed by atoms with E-state index in [0.717, 1.165) is 56.1 Å². The van der Waals surface area contributed by atoms with Crippen molar-refractivity contribution in [1.29, 1.82) is 0 Å². The van der Waals surface area contributed by atoms with Crippen LogP contribution in [0.25, 0.3) is 0 Å². The first-order chi connectivity index (χ1) is 15.7. The van der Waals surface area contributed by atoms with Crippen molar-refractivity contribution in [3.05, 3.63) is 34.9 Å². The van der Waals surface area contributed by atoms with Crippen LogP contribution >= 0.6 is 0 Å². The summed E-state index contributed by atoms with van der Waals surface area (Å²) < 4.78 is 11.3. The lowest BCUT2D eigenvalue weighted by molar-refractivity contribution is -0.196. The van der Waals surface area contributed by atoms with Crippen LogP contribution in [0.1, 0.15) is 86.5 Å². The Bertz CT molecular complexity index is 1070. The minimum atomic E-state index is -1.08. The molecule has 0 aromatic heterocycles. The molecular weight excluding hydrogens is 428 g/mol. The maximum Gasteiger partial charge on any atom is 0.333 e. The van der Waals surface area contributed by atoms with Crippen LogP contribution in [0, 0.1) is 33.0 Å². The maximum atomic E-state index is 12.6. The normalized spacial score (nSPS) is 49.8. The highest BCUT2D eigenvalue weighted by atomic mass is 16.7. The van der Waals surface area contributed by atoms with Crippen molar-refractivity contribution in [2.45, 2.75) is 92.3 Å². The molecule has 0 amide bonds. The van der Waals surface area contributed by atoms with Crippen LogP contribution in [0.2, 0.25) is 0 Å². The molecule has 3 fully saturated rings. The molecule has 4 aliphatic carbocycles. The van der Waals surface area contributed by atoms with E-state index in [1.165, 1.54) is 5.57 Å². The molecular formula is C29H40O5. The number of carbonyl (C=O) groups excluding carboxylic acids is 1. The van der Waals surface area contributed by atoms with Gasteiger partial charge in [0.25, 0.3) is 0 Å². The average Bonchev–Trinajstić information content (AvgIpc) is 2.77. The molecule has 0 saturated heterocycles. The van der Waals surface area contributed by atoms with Gasteiger partial charge in [-0.2, -0.15) is 0 Å². The van der Waals surface area contributed by atoms with Crippen molar-refractivity contribution in [2.75, 3.05) is 7.11 Å². The van der Waals surface area contributed by atoms with Crippen LogP contribution in [0.4, 0.5) is 0 Å². The molecule has 0 unspecified atom stereocenters. The number of hydrogen-bond donors (Lipinski definition) is 1. The molecule has 34 heavy (non-hydrogen) atoms. The Morgan fingerprint density at radius 3 is 2.29 bits per heavy atom. The number of carbonyl (C=O) groups is 2. The van der Waals surface area contributed by atoms with Crippen LogP contribution < -0.4 is 0 Å². The molecule has 0 aromatic rings. The molecule has 0 radical (unpaired) electrons. The van der Waals surface area contributed by atoms with E-state index in [1.807, 2.05) is 13.8 Å². The Labute approximate surface area is 203 Å². The molecule has 1 heterocycles. The highest BCUT2D eigenvalue weighted by Gasteiger charge is 2.67. The number of carboxylic acids is 1. The molecule has 1 aliphatic heterocycles. The highest BCUT2D eigenvalue weighted by molar-refractivity contribution is 5.87. The fraction of sp³-hybridized carbons (Fsp3) is 0.724. The van der Waals surface area contributed by atoms with E-state index < -0.39 is 17.2 Å². The smallest absolute Gasteiger partial charge is 0.333 e. The summed E-state index contributed by atoms with van der Waals surface area (Å²) in [6.45, 7) is 13.3. The van der Waals surface area contributed by atoms with Crippen molar-refractivity contribution < 1.29 is 24.2 Å². The summed E-state index contributed by atoms with van der Waals surface area (Å²) in [5, 5.41) is 10.1. The molecule has 0 bridgehead atoms. The van der Waals surface area contributed by atoms with E-state index in [1.54, 1.807) is 13.2 Å². The Kier molecular flexibility index (Phi) is 4.82. The third kappa shape index (κ3) is 2.76. The Hall–Kier alpha value is -1.88. The summed E-state index contributed by atoms with van der Waals surface area (Å²) in [5.74, 6) is -1.73. The summed E-state index contributed by atoms with van der Waals surface area (Å²) in [6, 6.07) is 0. The predicted molar refractivity (Wildman–Crippen MR) is 130 cm³/mol. The van der Waals surface area contributed by atoms with Crippen LogP contribution in [0.5, 0.6) is 0 Å². The van der Waals surface area contributed by atoms with Crippen LogP contribution in [-0.2, 0) is 19.1 Å². The third-order valence-corrected chi connectivity index (χ3v) is 11.6. The molecule has 5 rings (SSSR count). The molecule has 5 nitrogen and oxygen atoms in total. The van der Waals surface area contributed by atoms with E-state index in [2.05, 4.69) is 39.8 Å². The van der Waals surface area contributed by atoms with Gasteiger partial charge in [-0.3, -0.25) is 4.79 Å². The SMILES string of the molecule is CO[C@@]1(C)OC(=O)C=C2C1=CC=C1[C@@]2(C)CC[C@@]2(C)[C@H]3C[C@](C)(C(=O)O)CC[C@]3(C)CC[C@]12C. The zero-order chi connectivity index (χ0) is 24.9. The van der Waals surface area contributed by atoms with Crippen molar-refractivity contribution in [1.82, 2.24) is 0 Å². The number of carboxylic acid groups (broad SMARTS) is 1. The van der Waals surface area contributed by atoms with E-state index in [0.29, 0.717) is 5.92 Å². The molecule has 186 valence electrons. The zero-order valence-corrected chi connectivity index (χ0v) is 21.8. The van der Waals surface area contributed by atoms with Gasteiger partial charge in [0.05, 0.1) is 5.41 Å². The van der Waals surface area contributed by atoms with E-state index in [-0.39, 0.29) is 27.6 Å². The number of methoxy groups -OCH3 is 1. The van der Waals surface area contributed by atoms with Gasteiger partial charge in [0, 0.05) is 31.1 Å². The lowest BCUT2D eigenvalue weighted by Crippen LogP contribution is -2.62. The van der Waals surface area contributed by atoms with Gasteiger partial charge < -0.3 is 14.6 Å². The summed E-state index contributed by atoms with van der Waals surface area (Å²) >= 11 is 0. The molecule has 3 saturated carbocycles. The molecule has 5 aliphatic rings. The van der Waals surface area contributed by atoms with Gasteiger partial charge in [0.1, 0.15) is 0 Å². The topological polar surface area (TPSA) is 72.8 Å². The first kappa shape index (κ1) is 23.8. The first-order valence-electron chi connectivity index (χ1n) is 12.9. The third-order valence-electron chi connectivity index (χ3n) is 11.6. The van der Waals surface area contributed by atoms with Gasteiger partial charge in [-0.15, -0.1) is 0 Å². The van der Waals surface area contributed by atoms with E-state index in [4.69, 9.17) is 9.47 Å². The van der Waals surface area contributed by atoms with Gasteiger partial charge in [0.15, 0.2) is 0 Å². The second-order valence-electron chi connectivity index (χ2n) is 13.1. The van der Waals surface area contributed by atoms with Crippen LogP contribution in [0.3, 0.4) is 0 Å². The first-order valence-corrected chi connectivity index (χ1v) is 12.9. The number of esters is 1. The minimum Gasteiger partial charge on any atom is -0.481 e. The Morgan fingerprint density at radius 2 is 1.65 bits per heavy atom. The molecule has 5 heteroatoms. The van der Waals surface area contributed by atoms with Crippen molar-refractivity contribution in [2.24, 2.45) is 33.0 Å².